The number of nitrogens with zero attached hydrogens (tertiary/aromatic N) is 3. The second-order valence-corrected chi connectivity index (χ2v) is 7.10. The number of hydrogen-bond donors (Lipinski definition) is 1. The molecule has 1 aromatic heterocycles. The van der Waals surface area contributed by atoms with Crippen molar-refractivity contribution in [3.8, 4) is 22.6 Å². The second kappa shape index (κ2) is 7.83. The first-order valence-electron chi connectivity index (χ1n) is 9.45. The van der Waals surface area contributed by atoms with Crippen molar-refractivity contribution in [1.29, 1.82) is 0 Å². The molecular formula is C22H20F3N3O. The molecule has 1 saturated heterocycles. The molecule has 0 spiro atoms. The highest BCUT2D eigenvalue weighted by molar-refractivity contribution is 5.68. The zero-order valence-corrected chi connectivity index (χ0v) is 15.6. The van der Waals surface area contributed by atoms with Crippen molar-refractivity contribution >= 4 is 5.82 Å². The summed E-state index contributed by atoms with van der Waals surface area (Å²) in [5, 5.41) is 9.78. The monoisotopic (exact) mass is 399 g/mol. The Morgan fingerprint density at radius 2 is 1.55 bits per heavy atom. The van der Waals surface area contributed by atoms with Crippen LogP contribution < -0.4 is 4.90 Å². The summed E-state index contributed by atoms with van der Waals surface area (Å²) in [6, 6.07) is 16.3. The Morgan fingerprint density at radius 3 is 2.24 bits per heavy atom. The molecule has 3 aromatic rings. The van der Waals surface area contributed by atoms with Crippen LogP contribution in [0.1, 0.15) is 18.4 Å². The summed E-state index contributed by atoms with van der Waals surface area (Å²) in [6.07, 6.45) is -3.49. The van der Waals surface area contributed by atoms with Gasteiger partial charge in [-0.2, -0.15) is 13.2 Å². The maximum Gasteiger partial charge on any atom is 0.416 e. The molecule has 1 aliphatic heterocycles. The summed E-state index contributed by atoms with van der Waals surface area (Å²) >= 11 is 0. The molecule has 0 bridgehead atoms. The van der Waals surface area contributed by atoms with E-state index in [0.717, 1.165) is 17.7 Å². The summed E-state index contributed by atoms with van der Waals surface area (Å²) in [6.45, 7) is 1.27. The quantitative estimate of drug-likeness (QED) is 0.688. The van der Waals surface area contributed by atoms with Gasteiger partial charge in [0.2, 0.25) is 0 Å². The van der Waals surface area contributed by atoms with E-state index < -0.39 is 11.7 Å². The van der Waals surface area contributed by atoms with Gasteiger partial charge in [0, 0.05) is 30.3 Å². The summed E-state index contributed by atoms with van der Waals surface area (Å²) in [5.74, 6) is 1.11. The van der Waals surface area contributed by atoms with E-state index in [0.29, 0.717) is 48.8 Å². The van der Waals surface area contributed by atoms with E-state index in [2.05, 4.69) is 9.97 Å². The molecule has 7 heteroatoms. The number of aliphatic hydroxyl groups is 1. The molecule has 2 aromatic carbocycles. The number of aromatic nitrogens is 2. The second-order valence-electron chi connectivity index (χ2n) is 7.10. The molecule has 1 N–H and O–H groups in total. The molecule has 0 aliphatic carbocycles. The molecular weight excluding hydrogens is 379 g/mol. The predicted molar refractivity (Wildman–Crippen MR) is 105 cm³/mol. The number of halogens is 3. The number of hydrogen-bond acceptors (Lipinski definition) is 4. The third-order valence-electron chi connectivity index (χ3n) is 5.02. The minimum absolute atomic E-state index is 0.329. The SMILES string of the molecule is OC1CCN(c2cc(-c3cccc(C(F)(F)F)c3)nc(-c3ccccc3)n2)CC1. The van der Waals surface area contributed by atoms with Gasteiger partial charge in [0.25, 0.3) is 0 Å². The Balaban J connectivity index is 1.80. The minimum atomic E-state index is -4.42. The predicted octanol–water partition coefficient (Wildman–Crippen LogP) is 4.79. The molecule has 4 nitrogen and oxygen atoms in total. The topological polar surface area (TPSA) is 49.2 Å². The molecule has 0 saturated carbocycles. The van der Waals surface area contributed by atoms with E-state index in [1.807, 2.05) is 35.2 Å². The van der Waals surface area contributed by atoms with Gasteiger partial charge in [0.1, 0.15) is 5.82 Å². The van der Waals surface area contributed by atoms with Crippen molar-refractivity contribution in [3.05, 3.63) is 66.2 Å². The highest BCUT2D eigenvalue weighted by atomic mass is 19.4. The van der Waals surface area contributed by atoms with Crippen molar-refractivity contribution in [2.45, 2.75) is 25.1 Å². The van der Waals surface area contributed by atoms with E-state index in [4.69, 9.17) is 0 Å². The number of anilines is 1. The average molecular weight is 399 g/mol. The smallest absolute Gasteiger partial charge is 0.393 e. The molecule has 0 radical (unpaired) electrons. The fourth-order valence-corrected chi connectivity index (χ4v) is 3.41. The Bertz CT molecular complexity index is 984. The van der Waals surface area contributed by atoms with Gasteiger partial charge in [-0.05, 0) is 25.0 Å². The van der Waals surface area contributed by atoms with Crippen LogP contribution in [0.25, 0.3) is 22.6 Å². The highest BCUT2D eigenvalue weighted by Gasteiger charge is 2.30. The van der Waals surface area contributed by atoms with Crippen LogP contribution in [0.2, 0.25) is 0 Å². The minimum Gasteiger partial charge on any atom is -0.393 e. The van der Waals surface area contributed by atoms with Crippen molar-refractivity contribution in [2.75, 3.05) is 18.0 Å². The first-order valence-corrected chi connectivity index (χ1v) is 9.45. The van der Waals surface area contributed by atoms with Crippen LogP contribution in [0.15, 0.2) is 60.7 Å². The van der Waals surface area contributed by atoms with Crippen molar-refractivity contribution < 1.29 is 18.3 Å². The first-order chi connectivity index (χ1) is 13.9. The Morgan fingerprint density at radius 1 is 0.862 bits per heavy atom. The molecule has 1 aliphatic rings. The van der Waals surface area contributed by atoms with Gasteiger partial charge >= 0.3 is 6.18 Å². The zero-order valence-electron chi connectivity index (χ0n) is 15.6. The number of rotatable bonds is 3. The first kappa shape index (κ1) is 19.4. The van der Waals surface area contributed by atoms with E-state index in [1.54, 1.807) is 12.1 Å². The molecule has 1 fully saturated rings. The number of piperidine rings is 1. The van der Waals surface area contributed by atoms with E-state index in [1.165, 1.54) is 6.07 Å². The number of alkyl halides is 3. The van der Waals surface area contributed by atoms with Gasteiger partial charge in [-0.3, -0.25) is 0 Å². The lowest BCUT2D eigenvalue weighted by Crippen LogP contribution is -2.36. The van der Waals surface area contributed by atoms with Crippen molar-refractivity contribution in [3.63, 3.8) is 0 Å². The van der Waals surface area contributed by atoms with Crippen LogP contribution >= 0.6 is 0 Å². The molecule has 150 valence electrons. The maximum absolute atomic E-state index is 13.2. The van der Waals surface area contributed by atoms with E-state index >= 15 is 0 Å². The van der Waals surface area contributed by atoms with Gasteiger partial charge in [0.15, 0.2) is 5.82 Å². The molecule has 0 atom stereocenters. The van der Waals surface area contributed by atoms with Crippen molar-refractivity contribution in [2.24, 2.45) is 0 Å². The Labute approximate surface area is 166 Å². The summed E-state index contributed by atoms with van der Waals surface area (Å²) in [4.78, 5) is 11.3. The van der Waals surface area contributed by atoms with Gasteiger partial charge < -0.3 is 10.0 Å². The lowest BCUT2D eigenvalue weighted by Gasteiger charge is -2.31. The normalized spacial score (nSPS) is 15.5. The van der Waals surface area contributed by atoms with Crippen LogP contribution in [0.3, 0.4) is 0 Å². The van der Waals surface area contributed by atoms with Gasteiger partial charge in [0.05, 0.1) is 17.4 Å². The van der Waals surface area contributed by atoms with Gasteiger partial charge in [-0.1, -0.05) is 42.5 Å². The van der Waals surface area contributed by atoms with Crippen LogP contribution in [-0.2, 0) is 6.18 Å². The molecule has 29 heavy (non-hydrogen) atoms. The maximum atomic E-state index is 13.2. The average Bonchev–Trinajstić information content (AvgIpc) is 2.74. The summed E-state index contributed by atoms with van der Waals surface area (Å²) < 4.78 is 39.5. The van der Waals surface area contributed by atoms with Gasteiger partial charge in [-0.25, -0.2) is 9.97 Å². The van der Waals surface area contributed by atoms with Gasteiger partial charge in [-0.15, -0.1) is 0 Å². The fourth-order valence-electron chi connectivity index (χ4n) is 3.41. The third kappa shape index (κ3) is 4.40. The van der Waals surface area contributed by atoms with Crippen LogP contribution in [0.5, 0.6) is 0 Å². The summed E-state index contributed by atoms with van der Waals surface area (Å²) in [7, 11) is 0. The Kier molecular flexibility index (Phi) is 5.24. The third-order valence-corrected chi connectivity index (χ3v) is 5.02. The lowest BCUT2D eigenvalue weighted by molar-refractivity contribution is -0.137. The zero-order chi connectivity index (χ0) is 20.4. The van der Waals surface area contributed by atoms with E-state index in [9.17, 15) is 18.3 Å². The molecule has 0 unspecified atom stereocenters. The highest BCUT2D eigenvalue weighted by Crippen LogP contribution is 2.33. The van der Waals surface area contributed by atoms with Crippen LogP contribution in [0.4, 0.5) is 19.0 Å². The Hall–Kier alpha value is -2.93. The standard InChI is InChI=1S/C22H20F3N3O/c23-22(24,25)17-8-4-7-16(13-17)19-14-20(28-11-9-18(29)10-12-28)27-21(26-19)15-5-2-1-3-6-15/h1-8,13-14,18,29H,9-12H2. The summed E-state index contributed by atoms with van der Waals surface area (Å²) in [5.41, 5.74) is 0.904. The number of aliphatic hydroxyl groups excluding tert-OH is 1. The lowest BCUT2D eigenvalue weighted by atomic mass is 10.1. The fraction of sp³-hybridized carbons (Fsp3) is 0.273. The van der Waals surface area contributed by atoms with E-state index in [-0.39, 0.29) is 6.10 Å². The molecule has 4 rings (SSSR count). The molecule has 0 amide bonds. The van der Waals surface area contributed by atoms with Crippen molar-refractivity contribution in [1.82, 2.24) is 9.97 Å². The van der Waals surface area contributed by atoms with Crippen LogP contribution in [0, 0.1) is 0 Å². The van der Waals surface area contributed by atoms with Crippen LogP contribution in [-0.4, -0.2) is 34.3 Å². The number of benzene rings is 2. The largest absolute Gasteiger partial charge is 0.416 e. The molecule has 2 heterocycles.